The van der Waals surface area contributed by atoms with Crippen LogP contribution in [-0.4, -0.2) is 41.1 Å². The Kier molecular flexibility index (Phi) is 5.08. The first-order chi connectivity index (χ1) is 8.51. The van der Waals surface area contributed by atoms with Crippen LogP contribution < -0.4 is 5.73 Å². The quantitative estimate of drug-likeness (QED) is 0.429. The number of benzene rings is 1. The molecule has 0 fully saturated rings. The number of nitrogens with two attached hydrogens (primary N) is 1. The Bertz CT molecular complexity index is 421. The van der Waals surface area contributed by atoms with Gasteiger partial charge in [0, 0.05) is 17.9 Å². The van der Waals surface area contributed by atoms with Crippen LogP contribution in [-0.2, 0) is 4.74 Å². The molecule has 0 bridgehead atoms. The van der Waals surface area contributed by atoms with Crippen LogP contribution in [0.15, 0.2) is 18.2 Å². The third-order valence-electron chi connectivity index (χ3n) is 2.62. The van der Waals surface area contributed by atoms with Gasteiger partial charge in [0.15, 0.2) is 0 Å². The lowest BCUT2D eigenvalue weighted by molar-refractivity contribution is 0.00460. The van der Waals surface area contributed by atoms with Crippen LogP contribution in [0.1, 0.15) is 28.4 Å². The van der Waals surface area contributed by atoms with E-state index in [4.69, 9.17) is 10.8 Å². The van der Waals surface area contributed by atoms with Gasteiger partial charge in [0.1, 0.15) is 6.10 Å². The molecule has 6 heteroatoms. The standard InChI is InChI=1S/C12H17NO5/c1-18-12(17)7-2-3-8(9(13)6-7)11(16)10(15)4-5-14/h2-3,6,10-11,14-16H,4-5,13H2,1H3. The van der Waals surface area contributed by atoms with Gasteiger partial charge in [-0.1, -0.05) is 6.07 Å². The number of aliphatic hydroxyl groups is 3. The Labute approximate surface area is 105 Å². The fraction of sp³-hybridized carbons (Fsp3) is 0.417. The molecule has 0 aromatic heterocycles. The van der Waals surface area contributed by atoms with Crippen LogP contribution in [0.25, 0.3) is 0 Å². The molecule has 18 heavy (non-hydrogen) atoms. The zero-order valence-electron chi connectivity index (χ0n) is 10.0. The number of esters is 1. The highest BCUT2D eigenvalue weighted by Gasteiger charge is 2.20. The first-order valence-corrected chi connectivity index (χ1v) is 5.46. The predicted molar refractivity (Wildman–Crippen MR) is 64.9 cm³/mol. The number of aliphatic hydroxyl groups excluding tert-OH is 3. The SMILES string of the molecule is COC(=O)c1ccc(C(O)C(O)CCO)c(N)c1. The van der Waals surface area contributed by atoms with Gasteiger partial charge in [0.25, 0.3) is 0 Å². The van der Waals surface area contributed by atoms with Gasteiger partial charge in [-0.15, -0.1) is 0 Å². The molecule has 100 valence electrons. The molecule has 2 unspecified atom stereocenters. The second kappa shape index (κ2) is 6.34. The van der Waals surface area contributed by atoms with E-state index in [0.29, 0.717) is 5.56 Å². The smallest absolute Gasteiger partial charge is 0.337 e. The van der Waals surface area contributed by atoms with Crippen molar-refractivity contribution >= 4 is 11.7 Å². The second-order valence-corrected chi connectivity index (χ2v) is 3.86. The van der Waals surface area contributed by atoms with Crippen LogP contribution >= 0.6 is 0 Å². The maximum atomic E-state index is 11.3. The maximum absolute atomic E-state index is 11.3. The van der Waals surface area contributed by atoms with Gasteiger partial charge in [0.2, 0.25) is 0 Å². The Morgan fingerprint density at radius 3 is 2.61 bits per heavy atom. The fourth-order valence-electron chi connectivity index (χ4n) is 1.59. The third kappa shape index (κ3) is 3.19. The van der Waals surface area contributed by atoms with Crippen molar-refractivity contribution in [2.45, 2.75) is 18.6 Å². The molecule has 0 aliphatic heterocycles. The number of methoxy groups -OCH3 is 1. The van der Waals surface area contributed by atoms with E-state index < -0.39 is 18.2 Å². The maximum Gasteiger partial charge on any atom is 0.337 e. The molecular weight excluding hydrogens is 238 g/mol. The van der Waals surface area contributed by atoms with Crippen LogP contribution in [0.2, 0.25) is 0 Å². The Hall–Kier alpha value is -1.63. The minimum atomic E-state index is -1.20. The molecule has 2 atom stereocenters. The van der Waals surface area contributed by atoms with Crippen LogP contribution in [0.5, 0.6) is 0 Å². The summed E-state index contributed by atoms with van der Waals surface area (Å²) in [7, 11) is 1.26. The topological polar surface area (TPSA) is 113 Å². The summed E-state index contributed by atoms with van der Waals surface area (Å²) >= 11 is 0. The number of rotatable bonds is 5. The lowest BCUT2D eigenvalue weighted by Crippen LogP contribution is -2.20. The van der Waals surface area contributed by atoms with E-state index in [1.54, 1.807) is 0 Å². The lowest BCUT2D eigenvalue weighted by atomic mass is 9.99. The van der Waals surface area contributed by atoms with Gasteiger partial charge in [-0.05, 0) is 18.6 Å². The van der Waals surface area contributed by atoms with E-state index in [9.17, 15) is 15.0 Å². The van der Waals surface area contributed by atoms with Gasteiger partial charge in [-0.25, -0.2) is 4.79 Å². The summed E-state index contributed by atoms with van der Waals surface area (Å²) < 4.78 is 4.54. The van der Waals surface area contributed by atoms with Crippen LogP contribution in [0.3, 0.4) is 0 Å². The van der Waals surface area contributed by atoms with Gasteiger partial charge in [-0.2, -0.15) is 0 Å². The Morgan fingerprint density at radius 1 is 1.44 bits per heavy atom. The van der Waals surface area contributed by atoms with E-state index in [-0.39, 0.29) is 24.3 Å². The van der Waals surface area contributed by atoms with Crippen molar-refractivity contribution in [2.75, 3.05) is 19.5 Å². The summed E-state index contributed by atoms with van der Waals surface area (Å²) in [5.74, 6) is -0.529. The van der Waals surface area contributed by atoms with Crippen molar-refractivity contribution in [2.24, 2.45) is 0 Å². The van der Waals surface area contributed by atoms with E-state index in [2.05, 4.69) is 4.74 Å². The molecule has 6 nitrogen and oxygen atoms in total. The van der Waals surface area contributed by atoms with E-state index in [1.165, 1.54) is 25.3 Å². The third-order valence-corrected chi connectivity index (χ3v) is 2.62. The Balaban J connectivity index is 2.94. The van der Waals surface area contributed by atoms with Crippen molar-refractivity contribution in [1.29, 1.82) is 0 Å². The lowest BCUT2D eigenvalue weighted by Gasteiger charge is -2.19. The average molecular weight is 255 g/mol. The molecule has 1 aromatic rings. The molecule has 1 rings (SSSR count). The van der Waals surface area contributed by atoms with Crippen LogP contribution in [0.4, 0.5) is 5.69 Å². The molecule has 0 aliphatic rings. The summed E-state index contributed by atoms with van der Waals surface area (Å²) in [6.07, 6.45) is -2.27. The summed E-state index contributed by atoms with van der Waals surface area (Å²) in [6.45, 7) is -0.238. The Morgan fingerprint density at radius 2 is 2.11 bits per heavy atom. The molecule has 5 N–H and O–H groups in total. The number of hydrogen-bond acceptors (Lipinski definition) is 6. The molecule has 0 saturated carbocycles. The highest BCUT2D eigenvalue weighted by atomic mass is 16.5. The number of hydrogen-bond donors (Lipinski definition) is 4. The van der Waals surface area contributed by atoms with E-state index >= 15 is 0 Å². The minimum Gasteiger partial charge on any atom is -0.465 e. The number of carbonyl (C=O) groups is 1. The molecule has 0 aliphatic carbocycles. The summed E-state index contributed by atoms with van der Waals surface area (Å²) in [6, 6.07) is 4.27. The van der Waals surface area contributed by atoms with Crippen molar-refractivity contribution in [1.82, 2.24) is 0 Å². The predicted octanol–water partition coefficient (Wildman–Crippen LogP) is -0.168. The average Bonchev–Trinajstić information content (AvgIpc) is 2.37. The highest BCUT2D eigenvalue weighted by molar-refractivity contribution is 5.90. The number of nitrogen functional groups attached to an aromatic ring is 1. The minimum absolute atomic E-state index is 0.0410. The van der Waals surface area contributed by atoms with Crippen molar-refractivity contribution in [3.63, 3.8) is 0 Å². The second-order valence-electron chi connectivity index (χ2n) is 3.86. The monoisotopic (exact) mass is 255 g/mol. The molecule has 0 radical (unpaired) electrons. The van der Waals surface area contributed by atoms with Crippen molar-refractivity contribution in [3.05, 3.63) is 29.3 Å². The zero-order valence-corrected chi connectivity index (χ0v) is 10.0. The number of ether oxygens (including phenoxy) is 1. The summed E-state index contributed by atoms with van der Waals surface area (Å²) in [5.41, 5.74) is 6.47. The van der Waals surface area contributed by atoms with Crippen LogP contribution in [0, 0.1) is 0 Å². The summed E-state index contributed by atoms with van der Waals surface area (Å²) in [5, 5.41) is 28.1. The van der Waals surface area contributed by atoms with E-state index in [1.807, 2.05) is 0 Å². The zero-order chi connectivity index (χ0) is 13.7. The fourth-order valence-corrected chi connectivity index (χ4v) is 1.59. The molecular formula is C12H17NO5. The van der Waals surface area contributed by atoms with Gasteiger partial charge in [0.05, 0.1) is 18.8 Å². The molecule has 0 amide bonds. The number of carbonyl (C=O) groups excluding carboxylic acids is 1. The van der Waals surface area contributed by atoms with Gasteiger partial charge >= 0.3 is 5.97 Å². The number of anilines is 1. The van der Waals surface area contributed by atoms with Crippen molar-refractivity contribution < 1.29 is 24.9 Å². The first-order valence-electron chi connectivity index (χ1n) is 5.46. The molecule has 1 aromatic carbocycles. The largest absolute Gasteiger partial charge is 0.465 e. The normalized spacial score (nSPS) is 14.0. The molecule has 0 heterocycles. The summed E-state index contributed by atoms with van der Waals surface area (Å²) in [4.78, 5) is 11.3. The van der Waals surface area contributed by atoms with Gasteiger partial charge < -0.3 is 25.8 Å². The van der Waals surface area contributed by atoms with Gasteiger partial charge in [-0.3, -0.25) is 0 Å². The highest BCUT2D eigenvalue weighted by Crippen LogP contribution is 2.25. The van der Waals surface area contributed by atoms with E-state index in [0.717, 1.165) is 0 Å². The molecule has 0 spiro atoms. The molecule has 0 saturated heterocycles. The first kappa shape index (κ1) is 14.4. The van der Waals surface area contributed by atoms with Crippen molar-refractivity contribution in [3.8, 4) is 0 Å².